The van der Waals surface area contributed by atoms with Crippen LogP contribution in [0.15, 0.2) is 48.2 Å². The third-order valence-corrected chi connectivity index (χ3v) is 6.36. The smallest absolute Gasteiger partial charge is 0.134 e. The average Bonchev–Trinajstić information content (AvgIpc) is 3.16. The molecular weight excluding hydrogens is 320 g/mol. The van der Waals surface area contributed by atoms with Gasteiger partial charge in [-0.3, -0.25) is 9.80 Å². The standard InChI is InChI=1S/C22H28N4/c1-2-9-20-17(6-1)7-5-10-21(20)22-23-14-18(24-22)15-25-12-13-26-11-4-3-8-19(26)16-25/h1-2,5-7,10,14,19-20H,3-4,8-9,11-13,15-16H2,(H,23,24). The molecule has 0 bridgehead atoms. The van der Waals surface area contributed by atoms with Gasteiger partial charge in [-0.25, -0.2) is 4.98 Å². The summed E-state index contributed by atoms with van der Waals surface area (Å²) in [5.74, 6) is 1.50. The lowest BCUT2D eigenvalue weighted by Gasteiger charge is -2.43. The van der Waals surface area contributed by atoms with Gasteiger partial charge in [-0.05, 0) is 31.4 Å². The summed E-state index contributed by atoms with van der Waals surface area (Å²) in [4.78, 5) is 13.6. The Morgan fingerprint density at radius 2 is 2.12 bits per heavy atom. The largest absolute Gasteiger partial charge is 0.341 e. The van der Waals surface area contributed by atoms with Gasteiger partial charge < -0.3 is 4.98 Å². The van der Waals surface area contributed by atoms with E-state index < -0.39 is 0 Å². The number of hydrogen-bond donors (Lipinski definition) is 1. The molecule has 2 atom stereocenters. The molecular formula is C22H28N4. The van der Waals surface area contributed by atoms with E-state index in [4.69, 9.17) is 4.98 Å². The number of rotatable bonds is 3. The second-order valence-corrected chi connectivity index (χ2v) is 8.04. The number of nitrogens with zero attached hydrogens (tertiary/aromatic N) is 3. The highest BCUT2D eigenvalue weighted by atomic mass is 15.3. The number of aromatic amines is 1. The minimum Gasteiger partial charge on any atom is -0.341 e. The predicted molar refractivity (Wildman–Crippen MR) is 106 cm³/mol. The van der Waals surface area contributed by atoms with Crippen LogP contribution in [0.25, 0.3) is 5.57 Å². The topological polar surface area (TPSA) is 35.2 Å². The van der Waals surface area contributed by atoms with Gasteiger partial charge in [0.15, 0.2) is 0 Å². The number of hydrogen-bond acceptors (Lipinski definition) is 3. The van der Waals surface area contributed by atoms with Crippen LogP contribution in [-0.2, 0) is 6.54 Å². The Bertz CT molecular complexity index is 782. The van der Waals surface area contributed by atoms with Crippen LogP contribution in [-0.4, -0.2) is 52.0 Å². The Morgan fingerprint density at radius 1 is 1.12 bits per heavy atom. The normalized spacial score (nSPS) is 29.1. The maximum absolute atomic E-state index is 4.73. The van der Waals surface area contributed by atoms with Crippen molar-refractivity contribution in [1.29, 1.82) is 0 Å². The lowest BCUT2D eigenvalue weighted by atomic mass is 9.81. The number of piperidine rings is 1. The zero-order valence-electron chi connectivity index (χ0n) is 15.4. The van der Waals surface area contributed by atoms with Crippen LogP contribution in [0.5, 0.6) is 0 Å². The van der Waals surface area contributed by atoms with Crippen molar-refractivity contribution in [1.82, 2.24) is 19.8 Å². The molecule has 2 saturated heterocycles. The minimum absolute atomic E-state index is 0.454. The Kier molecular flexibility index (Phi) is 4.39. The molecule has 5 rings (SSSR count). The second kappa shape index (κ2) is 7.01. The molecule has 1 aromatic heterocycles. The molecule has 1 N–H and O–H groups in total. The predicted octanol–water partition coefficient (Wildman–Crippen LogP) is 3.54. The van der Waals surface area contributed by atoms with Gasteiger partial charge in [0.05, 0.1) is 0 Å². The van der Waals surface area contributed by atoms with Gasteiger partial charge in [0.1, 0.15) is 5.82 Å². The van der Waals surface area contributed by atoms with E-state index in [1.54, 1.807) is 0 Å². The highest BCUT2D eigenvalue weighted by Crippen LogP contribution is 2.36. The van der Waals surface area contributed by atoms with Gasteiger partial charge in [-0.1, -0.05) is 42.9 Å². The van der Waals surface area contributed by atoms with E-state index in [1.807, 2.05) is 6.20 Å². The molecule has 0 spiro atoms. The van der Waals surface area contributed by atoms with Crippen molar-refractivity contribution in [3.63, 3.8) is 0 Å². The summed E-state index contributed by atoms with van der Waals surface area (Å²) in [5.41, 5.74) is 3.97. The molecule has 2 fully saturated rings. The van der Waals surface area contributed by atoms with Crippen LogP contribution in [0.1, 0.15) is 37.2 Å². The number of piperazine rings is 1. The van der Waals surface area contributed by atoms with Crippen molar-refractivity contribution in [3.05, 3.63) is 59.7 Å². The monoisotopic (exact) mass is 348 g/mol. The van der Waals surface area contributed by atoms with E-state index in [2.05, 4.69) is 51.2 Å². The zero-order chi connectivity index (χ0) is 17.3. The van der Waals surface area contributed by atoms with E-state index >= 15 is 0 Å². The summed E-state index contributed by atoms with van der Waals surface area (Å²) < 4.78 is 0. The molecule has 4 nitrogen and oxygen atoms in total. The Morgan fingerprint density at radius 3 is 3.12 bits per heavy atom. The van der Waals surface area contributed by atoms with Gasteiger partial charge >= 0.3 is 0 Å². The maximum atomic E-state index is 4.73. The van der Waals surface area contributed by atoms with Gasteiger partial charge in [-0.15, -0.1) is 0 Å². The second-order valence-electron chi connectivity index (χ2n) is 8.04. The van der Waals surface area contributed by atoms with Crippen molar-refractivity contribution in [3.8, 4) is 0 Å². The minimum atomic E-state index is 0.454. The molecule has 3 heterocycles. The van der Waals surface area contributed by atoms with Crippen molar-refractivity contribution in [2.75, 3.05) is 26.2 Å². The third kappa shape index (κ3) is 3.12. The van der Waals surface area contributed by atoms with Gasteiger partial charge in [0, 0.05) is 55.6 Å². The first-order chi connectivity index (χ1) is 12.9. The van der Waals surface area contributed by atoms with E-state index in [1.165, 1.54) is 62.3 Å². The van der Waals surface area contributed by atoms with Crippen molar-refractivity contribution in [2.45, 2.75) is 38.3 Å². The van der Waals surface area contributed by atoms with Crippen LogP contribution in [0.2, 0.25) is 0 Å². The molecule has 4 heteroatoms. The van der Waals surface area contributed by atoms with Gasteiger partial charge in [0.25, 0.3) is 0 Å². The van der Waals surface area contributed by atoms with E-state index in [9.17, 15) is 0 Å². The molecule has 2 aliphatic carbocycles. The number of aromatic nitrogens is 2. The van der Waals surface area contributed by atoms with E-state index in [-0.39, 0.29) is 0 Å². The first kappa shape index (κ1) is 16.3. The first-order valence-electron chi connectivity index (χ1n) is 10.1. The van der Waals surface area contributed by atoms with E-state index in [0.29, 0.717) is 5.92 Å². The van der Waals surface area contributed by atoms with Crippen molar-refractivity contribution in [2.24, 2.45) is 5.92 Å². The lowest BCUT2D eigenvalue weighted by molar-refractivity contribution is 0.0451. The number of allylic oxidation sites excluding steroid dienone is 8. The van der Waals surface area contributed by atoms with Gasteiger partial charge in [0.2, 0.25) is 0 Å². The Balaban J connectivity index is 1.27. The lowest BCUT2D eigenvalue weighted by Crippen LogP contribution is -2.54. The van der Waals surface area contributed by atoms with Crippen LogP contribution < -0.4 is 0 Å². The van der Waals surface area contributed by atoms with Crippen LogP contribution in [0, 0.1) is 5.92 Å². The molecule has 0 saturated carbocycles. The summed E-state index contributed by atoms with van der Waals surface area (Å²) in [7, 11) is 0. The summed E-state index contributed by atoms with van der Waals surface area (Å²) in [6, 6.07) is 0.771. The molecule has 136 valence electrons. The summed E-state index contributed by atoms with van der Waals surface area (Å²) in [6.45, 7) is 5.91. The molecule has 0 amide bonds. The number of imidazole rings is 1. The molecule has 0 aromatic carbocycles. The summed E-state index contributed by atoms with van der Waals surface area (Å²) in [6.07, 6.45) is 20.5. The molecule has 26 heavy (non-hydrogen) atoms. The highest BCUT2D eigenvalue weighted by Gasteiger charge is 2.29. The molecule has 4 aliphatic rings. The average molecular weight is 348 g/mol. The Labute approximate surface area is 156 Å². The quantitative estimate of drug-likeness (QED) is 0.907. The fourth-order valence-corrected chi connectivity index (χ4v) is 4.94. The molecule has 2 unspecified atom stereocenters. The van der Waals surface area contributed by atoms with E-state index in [0.717, 1.165) is 24.8 Å². The van der Waals surface area contributed by atoms with Gasteiger partial charge in [-0.2, -0.15) is 0 Å². The number of nitrogens with one attached hydrogen (secondary N) is 1. The maximum Gasteiger partial charge on any atom is 0.134 e. The summed E-state index contributed by atoms with van der Waals surface area (Å²) >= 11 is 0. The fourth-order valence-electron chi connectivity index (χ4n) is 4.94. The molecule has 1 aromatic rings. The van der Waals surface area contributed by atoms with Crippen LogP contribution in [0.4, 0.5) is 0 Å². The fraction of sp³-hybridized carbons (Fsp3) is 0.500. The summed E-state index contributed by atoms with van der Waals surface area (Å²) in [5, 5.41) is 0. The zero-order valence-corrected chi connectivity index (χ0v) is 15.4. The third-order valence-electron chi connectivity index (χ3n) is 6.36. The first-order valence-corrected chi connectivity index (χ1v) is 10.1. The number of fused-ring (bicyclic) bond motifs is 2. The molecule has 2 aliphatic heterocycles. The number of H-pyrrole nitrogens is 1. The Hall–Kier alpha value is -1.91. The molecule has 0 radical (unpaired) electrons. The highest BCUT2D eigenvalue weighted by molar-refractivity contribution is 5.71. The van der Waals surface area contributed by atoms with Crippen LogP contribution >= 0.6 is 0 Å². The van der Waals surface area contributed by atoms with Crippen molar-refractivity contribution < 1.29 is 0 Å². The SMILES string of the molecule is C1=CCC2C(=C1)C=CC=C2c1ncc(CN2CCN3CCCCC3C2)[nH]1. The van der Waals surface area contributed by atoms with Crippen molar-refractivity contribution >= 4 is 5.57 Å². The van der Waals surface area contributed by atoms with Crippen LogP contribution in [0.3, 0.4) is 0 Å².